The van der Waals surface area contributed by atoms with Crippen LogP contribution in [-0.4, -0.2) is 46.0 Å². The van der Waals surface area contributed by atoms with Crippen LogP contribution in [0.5, 0.6) is 0 Å². The van der Waals surface area contributed by atoms with E-state index in [2.05, 4.69) is 20.9 Å². The number of benzene rings is 1. The van der Waals surface area contributed by atoms with Gasteiger partial charge in [-0.25, -0.2) is 13.8 Å². The van der Waals surface area contributed by atoms with Crippen molar-refractivity contribution in [3.8, 4) is 11.3 Å². The van der Waals surface area contributed by atoms with Crippen LogP contribution in [-0.2, 0) is 16.0 Å². The molecular formula is C21H20BrF2N3O2. The number of fused-ring (bicyclic) bond motifs is 1. The van der Waals surface area contributed by atoms with Crippen LogP contribution in [0, 0.1) is 18.6 Å². The smallest absolute Gasteiger partial charge is 0.219 e. The molecule has 0 unspecified atom stereocenters. The average Bonchev–Trinajstić information content (AvgIpc) is 2.98. The first-order valence-corrected chi connectivity index (χ1v) is 10.1. The van der Waals surface area contributed by atoms with Crippen LogP contribution in [0.4, 0.5) is 8.78 Å². The molecule has 0 spiro atoms. The summed E-state index contributed by atoms with van der Waals surface area (Å²) in [5.41, 5.74) is 2.34. The highest BCUT2D eigenvalue weighted by Gasteiger charge is 2.27. The molecule has 1 fully saturated rings. The topological polar surface area (TPSA) is 46.8 Å². The van der Waals surface area contributed by atoms with Crippen molar-refractivity contribution < 1.29 is 18.3 Å². The molecular weight excluding hydrogens is 444 g/mol. The van der Waals surface area contributed by atoms with E-state index in [4.69, 9.17) is 4.74 Å². The number of pyridine rings is 1. The number of nitrogens with zero attached hydrogens (tertiary/aromatic N) is 3. The van der Waals surface area contributed by atoms with Gasteiger partial charge in [-0.3, -0.25) is 4.79 Å². The Kier molecular flexibility index (Phi) is 5.40. The minimum atomic E-state index is -0.687. The summed E-state index contributed by atoms with van der Waals surface area (Å²) in [5.74, 6) is -1.39. The molecule has 152 valence electrons. The van der Waals surface area contributed by atoms with E-state index in [1.165, 1.54) is 19.1 Å². The Bertz CT molecular complexity index is 1080. The van der Waals surface area contributed by atoms with E-state index in [1.807, 2.05) is 29.7 Å². The van der Waals surface area contributed by atoms with Gasteiger partial charge in [0.1, 0.15) is 17.3 Å². The number of rotatable bonds is 3. The van der Waals surface area contributed by atoms with E-state index in [0.717, 1.165) is 5.56 Å². The summed E-state index contributed by atoms with van der Waals surface area (Å²) in [5, 5.41) is 0. The molecule has 0 radical (unpaired) electrons. The highest BCUT2D eigenvalue weighted by Crippen LogP contribution is 2.33. The maximum atomic E-state index is 14.7. The van der Waals surface area contributed by atoms with Gasteiger partial charge in [-0.15, -0.1) is 0 Å². The minimum Gasteiger partial charge on any atom is -0.374 e. The molecule has 0 bridgehead atoms. The fraction of sp³-hybridized carbons (Fsp3) is 0.333. The second-order valence-electron chi connectivity index (χ2n) is 7.25. The van der Waals surface area contributed by atoms with Gasteiger partial charge in [0.15, 0.2) is 0 Å². The Hall–Kier alpha value is -2.32. The first-order chi connectivity index (χ1) is 13.8. The van der Waals surface area contributed by atoms with Crippen LogP contribution < -0.4 is 0 Å². The Morgan fingerprint density at radius 2 is 2.03 bits per heavy atom. The first-order valence-electron chi connectivity index (χ1n) is 9.33. The van der Waals surface area contributed by atoms with E-state index >= 15 is 0 Å². The summed E-state index contributed by atoms with van der Waals surface area (Å²) in [6.45, 7) is 4.86. The summed E-state index contributed by atoms with van der Waals surface area (Å²) in [6, 6.07) is 6.24. The van der Waals surface area contributed by atoms with Crippen LogP contribution in [0.1, 0.15) is 18.2 Å². The van der Waals surface area contributed by atoms with Crippen molar-refractivity contribution in [2.45, 2.75) is 26.4 Å². The molecule has 8 heteroatoms. The molecule has 3 aromatic rings. The van der Waals surface area contributed by atoms with Crippen molar-refractivity contribution in [1.82, 2.24) is 14.3 Å². The van der Waals surface area contributed by atoms with Crippen molar-refractivity contribution >= 4 is 27.5 Å². The number of aryl methyl sites for hydroxylation is 1. The number of carbonyl (C=O) groups is 1. The van der Waals surface area contributed by atoms with Crippen LogP contribution in [0.3, 0.4) is 0 Å². The zero-order chi connectivity index (χ0) is 20.7. The minimum absolute atomic E-state index is 0.0164. The molecule has 4 rings (SSSR count). The number of carbonyl (C=O) groups excluding carboxylic acids is 1. The first kappa shape index (κ1) is 20.0. The lowest BCUT2D eigenvalue weighted by molar-refractivity contribution is -0.136. The largest absolute Gasteiger partial charge is 0.374 e. The second kappa shape index (κ2) is 7.84. The Morgan fingerprint density at radius 1 is 1.31 bits per heavy atom. The zero-order valence-corrected chi connectivity index (χ0v) is 17.7. The van der Waals surface area contributed by atoms with Gasteiger partial charge in [0.25, 0.3) is 0 Å². The molecule has 0 N–H and O–H groups in total. The predicted molar refractivity (Wildman–Crippen MR) is 109 cm³/mol. The van der Waals surface area contributed by atoms with Crippen LogP contribution in [0.25, 0.3) is 16.9 Å². The number of ether oxygens (including phenoxy) is 1. The lowest BCUT2D eigenvalue weighted by Gasteiger charge is -2.32. The third-order valence-corrected chi connectivity index (χ3v) is 5.59. The van der Waals surface area contributed by atoms with Gasteiger partial charge < -0.3 is 14.0 Å². The van der Waals surface area contributed by atoms with Crippen molar-refractivity contribution in [3.63, 3.8) is 0 Å². The number of hydrogen-bond donors (Lipinski definition) is 0. The Balaban J connectivity index is 1.82. The molecule has 1 aliphatic heterocycles. The summed E-state index contributed by atoms with van der Waals surface area (Å²) in [6.07, 6.45) is 1.93. The Morgan fingerprint density at radius 3 is 2.72 bits per heavy atom. The zero-order valence-electron chi connectivity index (χ0n) is 16.1. The molecule has 1 aliphatic rings. The molecule has 1 amide bonds. The quantitative estimate of drug-likeness (QED) is 0.586. The van der Waals surface area contributed by atoms with Crippen molar-refractivity contribution in [3.05, 3.63) is 57.8 Å². The monoisotopic (exact) mass is 463 g/mol. The summed E-state index contributed by atoms with van der Waals surface area (Å²) >= 11 is 3.12. The summed E-state index contributed by atoms with van der Waals surface area (Å²) in [7, 11) is 0. The SMILES string of the molecule is CC(=O)N1CCO[C@@H](Cc2c(-c3c(F)cc(Br)cc3F)nc3cc(C)ccn23)C1. The van der Waals surface area contributed by atoms with Crippen LogP contribution in [0.15, 0.2) is 34.9 Å². The molecule has 1 atom stereocenters. The Labute approximate surface area is 175 Å². The summed E-state index contributed by atoms with van der Waals surface area (Å²) in [4.78, 5) is 18.0. The molecule has 3 heterocycles. The molecule has 2 aromatic heterocycles. The van der Waals surface area contributed by atoms with Gasteiger partial charge in [-0.05, 0) is 36.8 Å². The highest BCUT2D eigenvalue weighted by molar-refractivity contribution is 9.10. The normalized spacial score (nSPS) is 17.1. The molecule has 5 nitrogen and oxygen atoms in total. The maximum Gasteiger partial charge on any atom is 0.219 e. The van der Waals surface area contributed by atoms with Gasteiger partial charge in [-0.2, -0.15) is 0 Å². The van der Waals surface area contributed by atoms with Gasteiger partial charge in [0, 0.05) is 37.1 Å². The molecule has 1 saturated heterocycles. The second-order valence-corrected chi connectivity index (χ2v) is 8.16. The summed E-state index contributed by atoms with van der Waals surface area (Å²) < 4.78 is 37.5. The van der Waals surface area contributed by atoms with Gasteiger partial charge >= 0.3 is 0 Å². The van der Waals surface area contributed by atoms with Crippen molar-refractivity contribution in [1.29, 1.82) is 0 Å². The van der Waals surface area contributed by atoms with Gasteiger partial charge in [0.2, 0.25) is 5.91 Å². The van der Waals surface area contributed by atoms with E-state index in [0.29, 0.717) is 41.9 Å². The van der Waals surface area contributed by atoms with Crippen molar-refractivity contribution in [2.75, 3.05) is 19.7 Å². The number of aromatic nitrogens is 2. The lowest BCUT2D eigenvalue weighted by Crippen LogP contribution is -2.45. The molecule has 29 heavy (non-hydrogen) atoms. The number of halogens is 3. The third-order valence-electron chi connectivity index (χ3n) is 5.13. The van der Waals surface area contributed by atoms with E-state index < -0.39 is 11.6 Å². The fourth-order valence-corrected chi connectivity index (χ4v) is 4.11. The lowest BCUT2D eigenvalue weighted by atomic mass is 10.0. The van der Waals surface area contributed by atoms with Gasteiger partial charge in [0.05, 0.1) is 29.7 Å². The van der Waals surface area contributed by atoms with E-state index in [9.17, 15) is 13.6 Å². The number of morpholine rings is 1. The standard InChI is InChI=1S/C21H20BrF2N3O2/c1-12-3-4-27-18(10-15-11-26(13(2)28)5-6-29-15)21(25-19(27)7-12)20-16(23)8-14(22)9-17(20)24/h3-4,7-9,15H,5-6,10-11H2,1-2H3/t15-/m0/s1. The maximum absolute atomic E-state index is 14.7. The van der Waals surface area contributed by atoms with Gasteiger partial charge in [-0.1, -0.05) is 15.9 Å². The molecule has 0 aliphatic carbocycles. The molecule has 0 saturated carbocycles. The van der Waals surface area contributed by atoms with Crippen molar-refractivity contribution in [2.24, 2.45) is 0 Å². The number of imidazole rings is 1. The van der Waals surface area contributed by atoms with E-state index in [-0.39, 0.29) is 23.3 Å². The average molecular weight is 464 g/mol. The van der Waals surface area contributed by atoms with Crippen LogP contribution >= 0.6 is 15.9 Å². The molecule has 1 aromatic carbocycles. The highest BCUT2D eigenvalue weighted by atomic mass is 79.9. The number of amides is 1. The predicted octanol–water partition coefficient (Wildman–Crippen LogP) is 4.14. The fourth-order valence-electron chi connectivity index (χ4n) is 3.71. The third kappa shape index (κ3) is 3.91. The van der Waals surface area contributed by atoms with E-state index in [1.54, 1.807) is 4.90 Å². The number of hydrogen-bond acceptors (Lipinski definition) is 3. The van der Waals surface area contributed by atoms with Crippen LogP contribution in [0.2, 0.25) is 0 Å².